The Morgan fingerprint density at radius 1 is 1.20 bits per heavy atom. The first-order chi connectivity index (χ1) is 7.29. The molecule has 2 rings (SSSR count). The Morgan fingerprint density at radius 3 is 2.47 bits per heavy atom. The number of benzene rings is 1. The van der Waals surface area contributed by atoms with Crippen molar-refractivity contribution in [1.29, 1.82) is 0 Å². The van der Waals surface area contributed by atoms with E-state index in [2.05, 4.69) is 17.2 Å². The van der Waals surface area contributed by atoms with E-state index in [1.165, 1.54) is 0 Å². The van der Waals surface area contributed by atoms with Crippen LogP contribution in [0.15, 0.2) is 36.7 Å². The van der Waals surface area contributed by atoms with Crippen molar-refractivity contribution in [3.8, 4) is 11.1 Å². The summed E-state index contributed by atoms with van der Waals surface area (Å²) in [5, 5.41) is 12.9. The van der Waals surface area contributed by atoms with Gasteiger partial charge in [-0.2, -0.15) is 5.10 Å². The zero-order chi connectivity index (χ0) is 10.7. The van der Waals surface area contributed by atoms with Crippen LogP contribution in [0.5, 0.6) is 0 Å². The molecule has 1 aromatic carbocycles. The Labute approximate surface area is 89.0 Å². The first-order valence-electron chi connectivity index (χ1n) is 4.98. The van der Waals surface area contributed by atoms with Gasteiger partial charge in [0, 0.05) is 25.4 Å². The molecule has 1 aromatic heterocycles. The van der Waals surface area contributed by atoms with Crippen molar-refractivity contribution in [1.82, 2.24) is 9.78 Å². The maximum absolute atomic E-state index is 8.80. The Kier molecular flexibility index (Phi) is 2.83. The number of rotatable bonds is 3. The molecule has 0 atom stereocenters. The number of aryl methyl sites for hydroxylation is 1. The Morgan fingerprint density at radius 2 is 1.93 bits per heavy atom. The molecule has 0 spiro atoms. The van der Waals surface area contributed by atoms with Crippen LogP contribution < -0.4 is 0 Å². The highest BCUT2D eigenvalue weighted by Gasteiger charge is 1.99. The van der Waals surface area contributed by atoms with Gasteiger partial charge in [-0.15, -0.1) is 0 Å². The maximum atomic E-state index is 8.80. The molecule has 0 aliphatic rings. The van der Waals surface area contributed by atoms with Gasteiger partial charge in [-0.3, -0.25) is 4.68 Å². The summed E-state index contributed by atoms with van der Waals surface area (Å²) in [5.41, 5.74) is 3.43. The van der Waals surface area contributed by atoms with E-state index in [1.807, 2.05) is 31.6 Å². The van der Waals surface area contributed by atoms with Crippen molar-refractivity contribution in [2.24, 2.45) is 7.05 Å². The van der Waals surface area contributed by atoms with Crippen LogP contribution in [-0.2, 0) is 13.5 Å². The largest absolute Gasteiger partial charge is 0.396 e. The van der Waals surface area contributed by atoms with Gasteiger partial charge in [0.05, 0.1) is 6.20 Å². The van der Waals surface area contributed by atoms with Crippen molar-refractivity contribution < 1.29 is 5.11 Å². The number of aliphatic hydroxyl groups excluding tert-OH is 1. The zero-order valence-electron chi connectivity index (χ0n) is 8.72. The van der Waals surface area contributed by atoms with E-state index in [4.69, 9.17) is 5.11 Å². The molecule has 78 valence electrons. The van der Waals surface area contributed by atoms with E-state index >= 15 is 0 Å². The van der Waals surface area contributed by atoms with Crippen molar-refractivity contribution >= 4 is 0 Å². The number of aromatic nitrogens is 2. The van der Waals surface area contributed by atoms with Crippen molar-refractivity contribution in [3.63, 3.8) is 0 Å². The van der Waals surface area contributed by atoms with Gasteiger partial charge in [0.15, 0.2) is 0 Å². The Balaban J connectivity index is 2.23. The molecule has 3 nitrogen and oxygen atoms in total. The predicted octanol–water partition coefficient (Wildman–Crippen LogP) is 1.62. The highest BCUT2D eigenvalue weighted by atomic mass is 16.2. The molecule has 1 heterocycles. The Hall–Kier alpha value is -1.61. The summed E-state index contributed by atoms with van der Waals surface area (Å²) in [6.45, 7) is 0.201. The molecule has 0 bridgehead atoms. The molecule has 0 saturated heterocycles. The monoisotopic (exact) mass is 202 g/mol. The van der Waals surface area contributed by atoms with Crippen LogP contribution in [0, 0.1) is 0 Å². The normalized spacial score (nSPS) is 10.5. The fourth-order valence-electron chi connectivity index (χ4n) is 1.56. The van der Waals surface area contributed by atoms with Crippen molar-refractivity contribution in [3.05, 3.63) is 42.2 Å². The third-order valence-electron chi connectivity index (χ3n) is 2.39. The van der Waals surface area contributed by atoms with Crippen LogP contribution in [0.1, 0.15) is 5.56 Å². The van der Waals surface area contributed by atoms with Gasteiger partial charge in [-0.1, -0.05) is 24.3 Å². The smallest absolute Gasteiger partial charge is 0.0568 e. The number of hydrogen-bond acceptors (Lipinski definition) is 2. The molecule has 3 heteroatoms. The summed E-state index contributed by atoms with van der Waals surface area (Å²) in [6, 6.07) is 8.20. The summed E-state index contributed by atoms with van der Waals surface area (Å²) < 4.78 is 1.79. The average molecular weight is 202 g/mol. The van der Waals surface area contributed by atoms with Crippen molar-refractivity contribution in [2.45, 2.75) is 6.42 Å². The van der Waals surface area contributed by atoms with Gasteiger partial charge >= 0.3 is 0 Å². The first kappa shape index (κ1) is 9.93. The third kappa shape index (κ3) is 2.25. The maximum Gasteiger partial charge on any atom is 0.0568 e. The lowest BCUT2D eigenvalue weighted by Crippen LogP contribution is -1.89. The molecule has 1 N–H and O–H groups in total. The molecule has 15 heavy (non-hydrogen) atoms. The summed E-state index contributed by atoms with van der Waals surface area (Å²) in [5.74, 6) is 0. The van der Waals surface area contributed by atoms with E-state index in [0.717, 1.165) is 16.7 Å². The van der Waals surface area contributed by atoms with E-state index < -0.39 is 0 Å². The summed E-state index contributed by atoms with van der Waals surface area (Å²) in [7, 11) is 1.91. The van der Waals surface area contributed by atoms with E-state index in [-0.39, 0.29) is 6.61 Å². The summed E-state index contributed by atoms with van der Waals surface area (Å²) in [4.78, 5) is 0. The fourth-order valence-corrected chi connectivity index (χ4v) is 1.56. The molecule has 0 unspecified atom stereocenters. The van der Waals surface area contributed by atoms with Crippen LogP contribution >= 0.6 is 0 Å². The standard InChI is InChI=1S/C12H14N2O/c1-14-9-12(8-13-14)11-4-2-10(3-5-11)6-7-15/h2-5,8-9,15H,6-7H2,1H3. The van der Waals surface area contributed by atoms with E-state index in [9.17, 15) is 0 Å². The van der Waals surface area contributed by atoms with Crippen LogP contribution in [0.2, 0.25) is 0 Å². The summed E-state index contributed by atoms with van der Waals surface area (Å²) in [6.07, 6.45) is 4.55. The van der Waals surface area contributed by atoms with Gasteiger partial charge < -0.3 is 5.11 Å². The lowest BCUT2D eigenvalue weighted by molar-refractivity contribution is 0.299. The molecule has 0 radical (unpaired) electrons. The van der Waals surface area contributed by atoms with Gasteiger partial charge in [-0.05, 0) is 17.5 Å². The quantitative estimate of drug-likeness (QED) is 0.821. The predicted molar refractivity (Wildman–Crippen MR) is 59.4 cm³/mol. The number of aliphatic hydroxyl groups is 1. The van der Waals surface area contributed by atoms with Crippen LogP contribution in [-0.4, -0.2) is 21.5 Å². The topological polar surface area (TPSA) is 38.0 Å². The first-order valence-corrected chi connectivity index (χ1v) is 4.98. The van der Waals surface area contributed by atoms with Crippen molar-refractivity contribution in [2.75, 3.05) is 6.61 Å². The lowest BCUT2D eigenvalue weighted by Gasteiger charge is -2.00. The highest BCUT2D eigenvalue weighted by Crippen LogP contribution is 2.18. The number of nitrogens with zero attached hydrogens (tertiary/aromatic N) is 2. The molecular weight excluding hydrogens is 188 g/mol. The van der Waals surface area contributed by atoms with Gasteiger partial charge in [-0.25, -0.2) is 0 Å². The third-order valence-corrected chi connectivity index (χ3v) is 2.39. The van der Waals surface area contributed by atoms with Gasteiger partial charge in [0.2, 0.25) is 0 Å². The molecule has 0 aliphatic carbocycles. The molecule has 0 aliphatic heterocycles. The Bertz CT molecular complexity index is 431. The SMILES string of the molecule is Cn1cc(-c2ccc(CCO)cc2)cn1. The van der Waals surface area contributed by atoms with Crippen LogP contribution in [0.3, 0.4) is 0 Å². The second kappa shape index (κ2) is 4.28. The fraction of sp³-hybridized carbons (Fsp3) is 0.250. The number of hydrogen-bond donors (Lipinski definition) is 1. The minimum atomic E-state index is 0.201. The van der Waals surface area contributed by atoms with Gasteiger partial charge in [0.1, 0.15) is 0 Å². The van der Waals surface area contributed by atoms with Crippen LogP contribution in [0.4, 0.5) is 0 Å². The second-order valence-electron chi connectivity index (χ2n) is 3.57. The molecule has 0 amide bonds. The highest BCUT2D eigenvalue weighted by molar-refractivity contribution is 5.61. The minimum absolute atomic E-state index is 0.201. The second-order valence-corrected chi connectivity index (χ2v) is 3.57. The molecule has 0 saturated carbocycles. The molecule has 2 aromatic rings. The van der Waals surface area contributed by atoms with Gasteiger partial charge in [0.25, 0.3) is 0 Å². The lowest BCUT2D eigenvalue weighted by atomic mass is 10.1. The van der Waals surface area contributed by atoms with E-state index in [1.54, 1.807) is 4.68 Å². The molecular formula is C12H14N2O. The minimum Gasteiger partial charge on any atom is -0.396 e. The summed E-state index contributed by atoms with van der Waals surface area (Å²) >= 11 is 0. The van der Waals surface area contributed by atoms with E-state index in [0.29, 0.717) is 6.42 Å². The van der Waals surface area contributed by atoms with Crippen LogP contribution in [0.25, 0.3) is 11.1 Å². The molecule has 0 fully saturated rings. The average Bonchev–Trinajstić information content (AvgIpc) is 2.67. The zero-order valence-corrected chi connectivity index (χ0v) is 8.72.